The molecule has 2 fully saturated rings. The molecular weight excluding hydrogens is 454 g/mol. The summed E-state index contributed by atoms with van der Waals surface area (Å²) in [5.74, 6) is 1.73. The van der Waals surface area contributed by atoms with Crippen LogP contribution in [0.15, 0.2) is 35.3 Å². The van der Waals surface area contributed by atoms with Crippen molar-refractivity contribution in [2.45, 2.75) is 57.3 Å². The van der Waals surface area contributed by atoms with Crippen molar-refractivity contribution in [2.24, 2.45) is 4.99 Å². The van der Waals surface area contributed by atoms with Gasteiger partial charge >= 0.3 is 6.09 Å². The molecule has 3 heterocycles. The Balaban J connectivity index is 1.54. The summed E-state index contributed by atoms with van der Waals surface area (Å²) >= 11 is 0. The summed E-state index contributed by atoms with van der Waals surface area (Å²) in [7, 11) is 3.86. The predicted octanol–water partition coefficient (Wildman–Crippen LogP) is 5.01. The highest BCUT2D eigenvalue weighted by atomic mass is 16.6. The van der Waals surface area contributed by atoms with Gasteiger partial charge in [-0.1, -0.05) is 43.7 Å². The van der Waals surface area contributed by atoms with Gasteiger partial charge in [0.05, 0.1) is 18.6 Å². The van der Waals surface area contributed by atoms with E-state index in [-0.39, 0.29) is 12.0 Å². The van der Waals surface area contributed by atoms with Gasteiger partial charge in [-0.2, -0.15) is 4.52 Å². The highest BCUT2D eigenvalue weighted by molar-refractivity contribution is 5.74. The van der Waals surface area contributed by atoms with Gasteiger partial charge in [-0.15, -0.1) is 5.10 Å². The third-order valence-electron chi connectivity index (χ3n) is 6.73. The first-order valence-electron chi connectivity index (χ1n) is 13.0. The molecule has 1 atom stereocenters. The first kappa shape index (κ1) is 24.2. The largest absolute Gasteiger partial charge is 0.449 e. The van der Waals surface area contributed by atoms with Gasteiger partial charge in [0.1, 0.15) is 0 Å². The standard InChI is InChI=1S/C27H35N7O2/c1-4-5-16-36-27(35)33-15-9-12-21(17-33)24-30-25-22(19-13-14-19)23(20-10-7-6-8-11-20)29-26(34(25)31-24)28-18-32(2)3/h6-8,10-11,18-19,21H,4-5,9,12-17H2,1-3H3/b28-18+. The fraction of sp³-hybridized carbons (Fsp3) is 0.519. The molecule has 1 saturated heterocycles. The zero-order valence-electron chi connectivity index (χ0n) is 21.4. The normalized spacial score (nSPS) is 18.2. The zero-order valence-corrected chi connectivity index (χ0v) is 21.4. The van der Waals surface area contributed by atoms with Crippen LogP contribution in [0.3, 0.4) is 0 Å². The van der Waals surface area contributed by atoms with Crippen LogP contribution >= 0.6 is 0 Å². The van der Waals surface area contributed by atoms with E-state index < -0.39 is 0 Å². The number of ether oxygens (including phenoxy) is 1. The van der Waals surface area contributed by atoms with Gasteiger partial charge in [0, 0.05) is 44.2 Å². The number of hydrogen-bond acceptors (Lipinski definition) is 6. The molecule has 5 rings (SSSR count). The van der Waals surface area contributed by atoms with E-state index >= 15 is 0 Å². The molecule has 36 heavy (non-hydrogen) atoms. The van der Waals surface area contributed by atoms with E-state index in [2.05, 4.69) is 24.0 Å². The second-order valence-corrected chi connectivity index (χ2v) is 9.98. The van der Waals surface area contributed by atoms with Crippen molar-refractivity contribution >= 4 is 24.0 Å². The number of hydrogen-bond donors (Lipinski definition) is 0. The molecule has 0 spiro atoms. The van der Waals surface area contributed by atoms with Crippen molar-refractivity contribution in [1.82, 2.24) is 29.4 Å². The van der Waals surface area contributed by atoms with Crippen molar-refractivity contribution < 1.29 is 9.53 Å². The van der Waals surface area contributed by atoms with Gasteiger partial charge in [-0.3, -0.25) is 0 Å². The molecule has 3 aromatic rings. The van der Waals surface area contributed by atoms with Gasteiger partial charge in [-0.25, -0.2) is 19.8 Å². The average molecular weight is 490 g/mol. The van der Waals surface area contributed by atoms with E-state index in [4.69, 9.17) is 19.8 Å². The van der Waals surface area contributed by atoms with Crippen LogP contribution < -0.4 is 0 Å². The lowest BCUT2D eigenvalue weighted by atomic mass is 9.98. The topological polar surface area (TPSA) is 88.2 Å². The third-order valence-corrected chi connectivity index (χ3v) is 6.73. The Morgan fingerprint density at radius 1 is 1.17 bits per heavy atom. The zero-order chi connectivity index (χ0) is 25.1. The third kappa shape index (κ3) is 5.20. The number of likely N-dealkylation sites (tertiary alicyclic amines) is 1. The molecule has 1 saturated carbocycles. The van der Waals surface area contributed by atoms with Crippen molar-refractivity contribution in [3.05, 3.63) is 41.7 Å². The summed E-state index contributed by atoms with van der Waals surface area (Å²) in [6, 6.07) is 10.3. The number of benzene rings is 1. The number of nitrogens with zero attached hydrogens (tertiary/aromatic N) is 7. The van der Waals surface area contributed by atoms with Crippen molar-refractivity contribution in [1.29, 1.82) is 0 Å². The maximum Gasteiger partial charge on any atom is 0.409 e. The van der Waals surface area contributed by atoms with Crippen LogP contribution in [-0.4, -0.2) is 75.6 Å². The molecular formula is C27H35N7O2. The quantitative estimate of drug-likeness (QED) is 0.251. The highest BCUT2D eigenvalue weighted by Gasteiger charge is 2.34. The summed E-state index contributed by atoms with van der Waals surface area (Å²) in [5, 5.41) is 4.92. The summed E-state index contributed by atoms with van der Waals surface area (Å²) in [5.41, 5.74) is 3.97. The van der Waals surface area contributed by atoms with Gasteiger partial charge < -0.3 is 14.5 Å². The van der Waals surface area contributed by atoms with Gasteiger partial charge in [0.25, 0.3) is 5.95 Å². The van der Waals surface area contributed by atoms with E-state index in [9.17, 15) is 4.79 Å². The van der Waals surface area contributed by atoms with E-state index in [0.717, 1.165) is 66.8 Å². The van der Waals surface area contributed by atoms with Gasteiger partial charge in [-0.05, 0) is 38.0 Å². The molecule has 2 aromatic heterocycles. The van der Waals surface area contributed by atoms with E-state index in [1.54, 1.807) is 15.8 Å². The average Bonchev–Trinajstić information content (AvgIpc) is 3.64. The van der Waals surface area contributed by atoms with Crippen LogP contribution in [0.1, 0.15) is 68.7 Å². The van der Waals surface area contributed by atoms with E-state index in [1.807, 2.05) is 37.2 Å². The van der Waals surface area contributed by atoms with E-state index in [0.29, 0.717) is 31.6 Å². The maximum absolute atomic E-state index is 12.6. The smallest absolute Gasteiger partial charge is 0.409 e. The summed E-state index contributed by atoms with van der Waals surface area (Å²) in [4.78, 5) is 31.0. The number of carbonyl (C=O) groups is 1. The summed E-state index contributed by atoms with van der Waals surface area (Å²) < 4.78 is 7.27. The fourth-order valence-electron chi connectivity index (χ4n) is 4.69. The Morgan fingerprint density at radius 2 is 1.97 bits per heavy atom. The van der Waals surface area contributed by atoms with Crippen molar-refractivity contribution in [2.75, 3.05) is 33.8 Å². The van der Waals surface area contributed by atoms with Crippen LogP contribution in [0.25, 0.3) is 16.9 Å². The molecule has 0 bridgehead atoms. The van der Waals surface area contributed by atoms with Crippen molar-refractivity contribution in [3.63, 3.8) is 0 Å². The lowest BCUT2D eigenvalue weighted by Crippen LogP contribution is -2.39. The van der Waals surface area contributed by atoms with Crippen LogP contribution in [-0.2, 0) is 4.74 Å². The molecule has 1 unspecified atom stereocenters. The minimum Gasteiger partial charge on any atom is -0.449 e. The number of piperidine rings is 1. The predicted molar refractivity (Wildman–Crippen MR) is 140 cm³/mol. The van der Waals surface area contributed by atoms with Crippen LogP contribution in [0.5, 0.6) is 0 Å². The molecule has 1 aliphatic carbocycles. The van der Waals surface area contributed by atoms with Crippen LogP contribution in [0, 0.1) is 0 Å². The Bertz CT molecular complexity index is 1230. The Morgan fingerprint density at radius 3 is 2.69 bits per heavy atom. The van der Waals surface area contributed by atoms with Crippen molar-refractivity contribution in [3.8, 4) is 11.3 Å². The number of unbranched alkanes of at least 4 members (excludes halogenated alkanes) is 1. The van der Waals surface area contributed by atoms with Crippen LogP contribution in [0.2, 0.25) is 0 Å². The Kier molecular flexibility index (Phi) is 7.16. The fourth-order valence-corrected chi connectivity index (χ4v) is 4.69. The highest BCUT2D eigenvalue weighted by Crippen LogP contribution is 2.46. The number of aromatic nitrogens is 4. The number of fused-ring (bicyclic) bond motifs is 1. The lowest BCUT2D eigenvalue weighted by molar-refractivity contribution is 0.0898. The van der Waals surface area contributed by atoms with Gasteiger partial charge in [0.2, 0.25) is 0 Å². The lowest BCUT2D eigenvalue weighted by Gasteiger charge is -2.30. The second kappa shape index (κ2) is 10.6. The SMILES string of the molecule is CCCCOC(=O)N1CCCC(c2nc3c(C4CC4)c(-c4ccccc4)nc(/N=C/N(C)C)n3n2)C1. The Hall–Kier alpha value is -3.49. The molecule has 1 amide bonds. The molecule has 2 aliphatic rings. The minimum absolute atomic E-state index is 0.0512. The molecule has 0 radical (unpaired) electrons. The monoisotopic (exact) mass is 489 g/mol. The first-order valence-corrected chi connectivity index (χ1v) is 13.0. The number of rotatable bonds is 8. The Labute approximate surface area is 212 Å². The number of aliphatic imine (C=N–C) groups is 1. The number of amides is 1. The number of carbonyl (C=O) groups excluding carboxylic acids is 1. The van der Waals surface area contributed by atoms with Crippen LogP contribution in [0.4, 0.5) is 10.7 Å². The van der Waals surface area contributed by atoms with Gasteiger partial charge in [0.15, 0.2) is 11.5 Å². The van der Waals surface area contributed by atoms with E-state index in [1.165, 1.54) is 0 Å². The molecule has 1 aromatic carbocycles. The minimum atomic E-state index is -0.236. The molecule has 9 heteroatoms. The molecule has 1 aliphatic heterocycles. The molecule has 190 valence electrons. The maximum atomic E-state index is 12.6. The summed E-state index contributed by atoms with van der Waals surface area (Å²) in [6.07, 6.45) is 7.47. The second-order valence-electron chi connectivity index (χ2n) is 9.98. The first-order chi connectivity index (χ1) is 17.5. The molecule has 0 N–H and O–H groups in total. The molecule has 9 nitrogen and oxygen atoms in total. The summed E-state index contributed by atoms with van der Waals surface area (Å²) in [6.45, 7) is 3.83.